The molecule has 0 atom stereocenters. The van der Waals surface area contributed by atoms with Gasteiger partial charge in [-0.15, -0.1) is 0 Å². The van der Waals surface area contributed by atoms with Crippen LogP contribution in [0.1, 0.15) is 50.7 Å². The molecule has 0 unspecified atom stereocenters. The third-order valence-corrected chi connectivity index (χ3v) is 9.48. The molecule has 0 amide bonds. The van der Waals surface area contributed by atoms with Gasteiger partial charge in [-0.3, -0.25) is 0 Å². The van der Waals surface area contributed by atoms with E-state index in [1.54, 1.807) is 12.1 Å². The van der Waals surface area contributed by atoms with E-state index in [2.05, 4.69) is 30.4 Å². The molecule has 51 heavy (non-hydrogen) atoms. The van der Waals surface area contributed by atoms with Crippen molar-refractivity contribution < 1.29 is 35.8 Å². The van der Waals surface area contributed by atoms with Crippen LogP contribution in [-0.4, -0.2) is 65.1 Å². The average Bonchev–Trinajstić information content (AvgIpc) is 3.07. The van der Waals surface area contributed by atoms with Gasteiger partial charge in [-0.25, -0.2) is 31.5 Å². The lowest BCUT2D eigenvalue weighted by Gasteiger charge is -2.18. The van der Waals surface area contributed by atoms with Gasteiger partial charge in [0, 0.05) is 33.9 Å². The third-order valence-electron chi connectivity index (χ3n) is 6.70. The van der Waals surface area contributed by atoms with Gasteiger partial charge in [0.15, 0.2) is 23.1 Å². The lowest BCUT2D eigenvalue weighted by molar-refractivity contribution is 0.397. The largest absolute Gasteiger partial charge is 0.495 e. The number of sulfonamides is 1. The van der Waals surface area contributed by atoms with E-state index >= 15 is 0 Å². The van der Waals surface area contributed by atoms with Crippen LogP contribution in [0.25, 0.3) is 0 Å². The molecule has 2 heterocycles. The van der Waals surface area contributed by atoms with E-state index in [-0.39, 0.29) is 73.9 Å². The van der Waals surface area contributed by atoms with Crippen LogP contribution in [0, 0.1) is 0 Å². The highest BCUT2D eigenvalue weighted by atomic mass is 35.7. The lowest BCUT2D eigenvalue weighted by Crippen LogP contribution is -2.19. The van der Waals surface area contributed by atoms with E-state index in [0.717, 1.165) is 5.56 Å². The summed E-state index contributed by atoms with van der Waals surface area (Å²) in [5, 5.41) is 0. The second-order valence-electron chi connectivity index (χ2n) is 10.7. The first kappa shape index (κ1) is 42.3. The summed E-state index contributed by atoms with van der Waals surface area (Å²) in [4.78, 5) is 15.0. The summed E-state index contributed by atoms with van der Waals surface area (Å²) >= 11 is 0. The molecule has 0 aliphatic rings. The van der Waals surface area contributed by atoms with Gasteiger partial charge in [-0.05, 0) is 38.1 Å². The highest BCUT2D eigenvalue weighted by molar-refractivity contribution is 8.13. The first-order valence-electron chi connectivity index (χ1n) is 14.8. The van der Waals surface area contributed by atoms with Crippen molar-refractivity contribution in [1.29, 1.82) is 0 Å². The maximum atomic E-state index is 12.3. The monoisotopic (exact) mass is 770 g/mol. The summed E-state index contributed by atoms with van der Waals surface area (Å²) in [6, 6.07) is 5.85. The van der Waals surface area contributed by atoms with E-state index in [4.69, 9.17) is 52.6 Å². The fourth-order valence-corrected chi connectivity index (χ4v) is 6.09. The molecule has 18 nitrogen and oxygen atoms in total. The van der Waals surface area contributed by atoms with Gasteiger partial charge in [-0.2, -0.15) is 9.97 Å². The maximum absolute atomic E-state index is 12.3. The molecule has 21 heteroatoms. The van der Waals surface area contributed by atoms with Crippen molar-refractivity contribution in [3.05, 3.63) is 47.8 Å². The minimum Gasteiger partial charge on any atom is -0.495 e. The number of nitrogen functional groups attached to an aromatic ring is 4. The molecule has 0 spiro atoms. The second kappa shape index (κ2) is 17.9. The fourth-order valence-electron chi connectivity index (χ4n) is 4.21. The van der Waals surface area contributed by atoms with Crippen molar-refractivity contribution in [3.63, 3.8) is 0 Å². The number of benzene rings is 2. The van der Waals surface area contributed by atoms with Crippen molar-refractivity contribution in [1.82, 2.24) is 24.7 Å². The normalized spacial score (nSPS) is 11.2. The van der Waals surface area contributed by atoms with Crippen LogP contribution in [0.5, 0.6) is 34.5 Å². The zero-order valence-corrected chi connectivity index (χ0v) is 31.6. The van der Waals surface area contributed by atoms with Gasteiger partial charge < -0.3 is 47.6 Å². The maximum Gasteiger partial charge on any atom is 0.265 e. The van der Waals surface area contributed by atoms with Crippen molar-refractivity contribution in [2.45, 2.75) is 49.3 Å². The van der Waals surface area contributed by atoms with Gasteiger partial charge in [-0.1, -0.05) is 27.7 Å². The van der Waals surface area contributed by atoms with E-state index in [1.807, 2.05) is 27.7 Å². The Balaban J connectivity index is 0.000000337. The third kappa shape index (κ3) is 10.8. The highest BCUT2D eigenvalue weighted by Crippen LogP contribution is 2.41. The number of anilines is 4. The number of aromatic nitrogens is 4. The number of hydrogen-bond donors (Lipinski definition) is 6. The number of rotatable bonds is 11. The molecule has 11 N–H and O–H groups in total. The summed E-state index contributed by atoms with van der Waals surface area (Å²) in [6.07, 6.45) is 2.64. The molecule has 4 rings (SSSR count). The quantitative estimate of drug-likeness (QED) is 0.119. The molecule has 2 aromatic carbocycles. The Kier molecular flexibility index (Phi) is 14.8. The van der Waals surface area contributed by atoms with E-state index in [9.17, 15) is 16.8 Å². The SMILES string of the molecule is CN.CNS(=O)(=O)c1cc(Oc2cnc(N)nc2N)c(C(C)C)cc1OC.COc1cc(C(C)C)c(Oc2cnc(N)nc2N)cc1S(=O)(=O)Cl. The van der Waals surface area contributed by atoms with Crippen LogP contribution < -0.4 is 52.3 Å². The lowest BCUT2D eigenvalue weighted by atomic mass is 10.0. The van der Waals surface area contributed by atoms with Crippen LogP contribution in [0.4, 0.5) is 23.5 Å². The Morgan fingerprint density at radius 1 is 0.647 bits per heavy atom. The summed E-state index contributed by atoms with van der Waals surface area (Å²) in [5.41, 5.74) is 28.4. The van der Waals surface area contributed by atoms with E-state index in [1.165, 1.54) is 52.8 Å². The zero-order valence-electron chi connectivity index (χ0n) is 29.3. The molecule has 0 bridgehead atoms. The van der Waals surface area contributed by atoms with Crippen LogP contribution >= 0.6 is 10.7 Å². The molecule has 4 aromatic rings. The number of hydrogen-bond acceptors (Lipinski definition) is 17. The summed E-state index contributed by atoms with van der Waals surface area (Å²) < 4.78 is 72.2. The van der Waals surface area contributed by atoms with Gasteiger partial charge in [0.2, 0.25) is 21.9 Å². The molecule has 0 fully saturated rings. The van der Waals surface area contributed by atoms with Gasteiger partial charge in [0.25, 0.3) is 9.05 Å². The predicted octanol–water partition coefficient (Wildman–Crippen LogP) is 3.54. The summed E-state index contributed by atoms with van der Waals surface area (Å²) in [6.45, 7) is 7.71. The molecular formula is C30H43ClN10O8S2. The number of methoxy groups -OCH3 is 2. The van der Waals surface area contributed by atoms with Gasteiger partial charge in [0.05, 0.1) is 26.6 Å². The number of nitrogens with zero attached hydrogens (tertiary/aromatic N) is 4. The fraction of sp³-hybridized carbons (Fsp3) is 0.333. The van der Waals surface area contributed by atoms with Crippen molar-refractivity contribution >= 4 is 53.3 Å². The predicted molar refractivity (Wildman–Crippen MR) is 195 cm³/mol. The van der Waals surface area contributed by atoms with Gasteiger partial charge in [0.1, 0.15) is 32.8 Å². The minimum atomic E-state index is -4.03. The van der Waals surface area contributed by atoms with Crippen molar-refractivity contribution in [2.75, 3.05) is 51.2 Å². The van der Waals surface area contributed by atoms with Crippen molar-refractivity contribution in [3.8, 4) is 34.5 Å². The first-order chi connectivity index (χ1) is 23.8. The summed E-state index contributed by atoms with van der Waals surface area (Å²) in [5.74, 6) is 1.37. The molecular weight excluding hydrogens is 728 g/mol. The van der Waals surface area contributed by atoms with E-state index in [0.29, 0.717) is 11.3 Å². The number of ether oxygens (including phenoxy) is 4. The Morgan fingerprint density at radius 3 is 1.33 bits per heavy atom. The highest BCUT2D eigenvalue weighted by Gasteiger charge is 2.25. The Morgan fingerprint density at radius 2 is 1.02 bits per heavy atom. The van der Waals surface area contributed by atoms with Crippen LogP contribution in [0.15, 0.2) is 46.5 Å². The van der Waals surface area contributed by atoms with Crippen LogP contribution in [0.2, 0.25) is 0 Å². The second-order valence-corrected chi connectivity index (χ2v) is 15.1. The standard InChI is InChI=1S/C15H21N5O4S.C14H17ClN4O4S.CH5N/c1-8(2)9-5-11(23-4)13(25(21,22)18-3)6-10(9)24-12-7-19-15(17)20-14(12)16;1-7(2)8-4-10(22-3)12(24(15,20)21)5-9(8)23-11-6-18-14(17)19-13(11)16;1-2/h5-8,18H,1-4H3,(H4,16,17,19,20);4-7H,1-3H3,(H4,16,17,18,19);2H2,1H3. The summed E-state index contributed by atoms with van der Waals surface area (Å²) in [7, 11) is 3.26. The number of nitrogens with two attached hydrogens (primary N) is 5. The first-order valence-corrected chi connectivity index (χ1v) is 18.6. The molecule has 0 aliphatic carbocycles. The van der Waals surface area contributed by atoms with Gasteiger partial charge >= 0.3 is 0 Å². The minimum absolute atomic E-state index is 0.00249. The van der Waals surface area contributed by atoms with Crippen LogP contribution in [0.3, 0.4) is 0 Å². The topological polar surface area (TPSA) is 299 Å². The molecule has 0 aliphatic heterocycles. The number of nitrogens with one attached hydrogen (secondary N) is 1. The Bertz CT molecular complexity index is 2050. The van der Waals surface area contributed by atoms with Crippen LogP contribution in [-0.2, 0) is 19.1 Å². The Hall–Kier alpha value is -4.89. The molecule has 2 aromatic heterocycles. The zero-order chi connectivity index (χ0) is 38.8. The molecule has 0 saturated carbocycles. The molecule has 0 radical (unpaired) electrons. The van der Waals surface area contributed by atoms with E-state index < -0.39 is 19.1 Å². The number of halogens is 1. The van der Waals surface area contributed by atoms with Crippen molar-refractivity contribution in [2.24, 2.45) is 5.73 Å². The molecule has 280 valence electrons. The average molecular weight is 771 g/mol. The smallest absolute Gasteiger partial charge is 0.265 e. The molecule has 0 saturated heterocycles. The Labute approximate surface area is 301 Å².